The van der Waals surface area contributed by atoms with Crippen LogP contribution in [0.5, 0.6) is 0 Å². The fourth-order valence-corrected chi connectivity index (χ4v) is 5.50. The predicted molar refractivity (Wildman–Crippen MR) is 140 cm³/mol. The predicted octanol–water partition coefficient (Wildman–Crippen LogP) is 6.36. The van der Waals surface area contributed by atoms with E-state index in [1.165, 1.54) is 0 Å². The lowest BCUT2D eigenvalue weighted by Gasteiger charge is -2.28. The highest BCUT2D eigenvalue weighted by atomic mass is 35.5. The van der Waals surface area contributed by atoms with Gasteiger partial charge in [0.05, 0.1) is 40.7 Å². The zero-order valence-corrected chi connectivity index (χ0v) is 21.1. The number of benzene rings is 1. The van der Waals surface area contributed by atoms with E-state index in [0.717, 1.165) is 34.0 Å². The zero-order chi connectivity index (χ0) is 23.8. The Hall–Kier alpha value is -2.93. The summed E-state index contributed by atoms with van der Waals surface area (Å²) < 4.78 is 2.17. The Morgan fingerprint density at radius 1 is 0.971 bits per heavy atom. The Kier molecular flexibility index (Phi) is 6.30. The molecule has 2 atom stereocenters. The van der Waals surface area contributed by atoms with Crippen LogP contribution >= 0.6 is 35.4 Å². The molecule has 8 heteroatoms. The highest BCUT2D eigenvalue weighted by Crippen LogP contribution is 2.42. The van der Waals surface area contributed by atoms with Gasteiger partial charge in [0.1, 0.15) is 0 Å². The van der Waals surface area contributed by atoms with Gasteiger partial charge in [0.25, 0.3) is 0 Å². The van der Waals surface area contributed by atoms with Crippen molar-refractivity contribution >= 4 is 40.5 Å². The molecule has 5 nitrogen and oxygen atoms in total. The van der Waals surface area contributed by atoms with Crippen molar-refractivity contribution in [3.8, 4) is 5.69 Å². The number of hydrogen-bond acceptors (Lipinski definition) is 3. The van der Waals surface area contributed by atoms with E-state index in [0.29, 0.717) is 21.7 Å². The molecule has 1 fully saturated rings. The fourth-order valence-electron chi connectivity index (χ4n) is 4.70. The SMILES string of the molecule is Cc1cc([C@@H]2[C@@H](c3ccccn3)NC(=S)N2Cc2ccccn2)c(C)n1-c1ccc(Cl)cc1Cl. The lowest BCUT2D eigenvalue weighted by atomic mass is 9.96. The van der Waals surface area contributed by atoms with Crippen LogP contribution in [0.1, 0.15) is 40.4 Å². The minimum Gasteiger partial charge on any atom is -0.352 e. The van der Waals surface area contributed by atoms with E-state index in [4.69, 9.17) is 35.4 Å². The Bertz CT molecular complexity index is 1340. The molecule has 0 bridgehead atoms. The Morgan fingerprint density at radius 2 is 1.74 bits per heavy atom. The molecule has 34 heavy (non-hydrogen) atoms. The third-order valence-electron chi connectivity index (χ3n) is 6.20. The van der Waals surface area contributed by atoms with Crippen molar-refractivity contribution in [2.24, 2.45) is 0 Å². The number of nitrogens with zero attached hydrogens (tertiary/aromatic N) is 4. The smallest absolute Gasteiger partial charge is 0.170 e. The van der Waals surface area contributed by atoms with Gasteiger partial charge in [-0.2, -0.15) is 0 Å². The second-order valence-electron chi connectivity index (χ2n) is 8.33. The van der Waals surface area contributed by atoms with E-state index in [1.54, 1.807) is 6.07 Å². The fraction of sp³-hybridized carbons (Fsp3) is 0.192. The normalized spacial score (nSPS) is 17.8. The summed E-state index contributed by atoms with van der Waals surface area (Å²) >= 11 is 18.6. The van der Waals surface area contributed by atoms with E-state index in [9.17, 15) is 0 Å². The van der Waals surface area contributed by atoms with Gasteiger partial charge in [-0.15, -0.1) is 0 Å². The summed E-state index contributed by atoms with van der Waals surface area (Å²) in [5.74, 6) is 0. The third-order valence-corrected chi connectivity index (χ3v) is 7.09. The van der Waals surface area contributed by atoms with Crippen LogP contribution in [0.25, 0.3) is 5.69 Å². The summed E-state index contributed by atoms with van der Waals surface area (Å²) in [7, 11) is 0. The summed E-state index contributed by atoms with van der Waals surface area (Å²) in [4.78, 5) is 11.4. The van der Waals surface area contributed by atoms with Crippen LogP contribution in [-0.4, -0.2) is 24.5 Å². The van der Waals surface area contributed by atoms with Crippen LogP contribution in [0.2, 0.25) is 10.0 Å². The molecule has 1 N–H and O–H groups in total. The number of thiocarbonyl (C=S) groups is 1. The molecule has 5 rings (SSSR count). The molecule has 1 saturated heterocycles. The van der Waals surface area contributed by atoms with Gasteiger partial charge in [0.15, 0.2) is 5.11 Å². The average molecular weight is 508 g/mol. The average Bonchev–Trinajstić information content (AvgIpc) is 3.30. The van der Waals surface area contributed by atoms with Crippen molar-refractivity contribution in [2.45, 2.75) is 32.5 Å². The minimum atomic E-state index is -0.105. The van der Waals surface area contributed by atoms with E-state index in [-0.39, 0.29) is 12.1 Å². The Labute approximate surface area is 214 Å². The lowest BCUT2D eigenvalue weighted by molar-refractivity contribution is 0.307. The molecule has 4 heterocycles. The summed E-state index contributed by atoms with van der Waals surface area (Å²) in [5, 5.41) is 5.41. The number of aryl methyl sites for hydroxylation is 1. The van der Waals surface area contributed by atoms with Crippen molar-refractivity contribution in [2.75, 3.05) is 0 Å². The quantitative estimate of drug-likeness (QED) is 0.318. The van der Waals surface area contributed by atoms with Crippen molar-refractivity contribution < 1.29 is 0 Å². The Morgan fingerprint density at radius 3 is 2.41 bits per heavy atom. The number of nitrogens with one attached hydrogen (secondary N) is 1. The number of pyridine rings is 2. The molecule has 0 radical (unpaired) electrons. The molecule has 0 spiro atoms. The topological polar surface area (TPSA) is 46.0 Å². The first-order valence-corrected chi connectivity index (χ1v) is 12.1. The summed E-state index contributed by atoms with van der Waals surface area (Å²) in [6.07, 6.45) is 3.62. The first kappa shape index (κ1) is 22.8. The van der Waals surface area contributed by atoms with E-state index in [1.807, 2.05) is 60.9 Å². The van der Waals surface area contributed by atoms with E-state index >= 15 is 0 Å². The van der Waals surface area contributed by atoms with Gasteiger partial charge in [-0.25, -0.2) is 0 Å². The van der Waals surface area contributed by atoms with Gasteiger partial charge in [0, 0.05) is 28.8 Å². The summed E-state index contributed by atoms with van der Waals surface area (Å²) in [6.45, 7) is 4.79. The molecular formula is C26H23Cl2N5S. The zero-order valence-electron chi connectivity index (χ0n) is 18.7. The molecule has 1 aliphatic rings. The Balaban J connectivity index is 1.63. The van der Waals surface area contributed by atoms with Gasteiger partial charge in [-0.1, -0.05) is 35.3 Å². The first-order chi connectivity index (χ1) is 16.4. The summed E-state index contributed by atoms with van der Waals surface area (Å²) in [5.41, 5.74) is 6.10. The largest absolute Gasteiger partial charge is 0.352 e. The maximum absolute atomic E-state index is 6.59. The third kappa shape index (κ3) is 4.17. The first-order valence-electron chi connectivity index (χ1n) is 11.0. The van der Waals surface area contributed by atoms with Gasteiger partial charge in [-0.05, 0) is 80.2 Å². The number of halogens is 2. The molecular weight excluding hydrogens is 485 g/mol. The van der Waals surface area contributed by atoms with Gasteiger partial charge in [-0.3, -0.25) is 9.97 Å². The molecule has 4 aromatic rings. The highest BCUT2D eigenvalue weighted by molar-refractivity contribution is 7.80. The van der Waals surface area contributed by atoms with Gasteiger partial charge >= 0.3 is 0 Å². The maximum Gasteiger partial charge on any atom is 0.170 e. The van der Waals surface area contributed by atoms with Crippen molar-refractivity contribution in [1.29, 1.82) is 0 Å². The van der Waals surface area contributed by atoms with Crippen molar-refractivity contribution in [1.82, 2.24) is 24.8 Å². The molecule has 0 saturated carbocycles. The van der Waals surface area contributed by atoms with Crippen LogP contribution in [-0.2, 0) is 6.54 Å². The molecule has 0 unspecified atom stereocenters. The van der Waals surface area contributed by atoms with Crippen LogP contribution in [0.3, 0.4) is 0 Å². The molecule has 1 aliphatic heterocycles. The van der Waals surface area contributed by atoms with E-state index < -0.39 is 0 Å². The van der Waals surface area contributed by atoms with Gasteiger partial charge < -0.3 is 14.8 Å². The molecule has 1 aromatic carbocycles. The standard InChI is InChI=1S/C26H23Cl2N5S/c1-16-13-20(17(2)33(16)23-10-9-18(27)14-21(23)28)25-24(22-8-4-6-12-30-22)31-26(34)32(25)15-19-7-3-5-11-29-19/h3-14,24-25H,15H2,1-2H3,(H,31,34)/t24-,25-/m1/s1. The molecule has 0 aliphatic carbocycles. The van der Waals surface area contributed by atoms with Crippen LogP contribution in [0.4, 0.5) is 0 Å². The summed E-state index contributed by atoms with van der Waals surface area (Å²) in [6, 6.07) is 19.5. The minimum absolute atomic E-state index is 0.0737. The second kappa shape index (κ2) is 9.37. The number of hydrogen-bond donors (Lipinski definition) is 1. The monoisotopic (exact) mass is 507 g/mol. The number of aromatic nitrogens is 3. The molecule has 3 aromatic heterocycles. The molecule has 172 valence electrons. The van der Waals surface area contributed by atoms with Gasteiger partial charge in [0.2, 0.25) is 0 Å². The lowest BCUT2D eigenvalue weighted by Crippen LogP contribution is -2.29. The number of rotatable bonds is 5. The van der Waals surface area contributed by atoms with Crippen molar-refractivity contribution in [3.05, 3.63) is 111 Å². The highest BCUT2D eigenvalue weighted by Gasteiger charge is 2.41. The van der Waals surface area contributed by atoms with Crippen LogP contribution in [0.15, 0.2) is 73.1 Å². The maximum atomic E-state index is 6.59. The second-order valence-corrected chi connectivity index (χ2v) is 9.56. The van der Waals surface area contributed by atoms with Crippen LogP contribution in [0, 0.1) is 13.8 Å². The molecule has 0 amide bonds. The van der Waals surface area contributed by atoms with Crippen molar-refractivity contribution in [3.63, 3.8) is 0 Å². The van der Waals surface area contributed by atoms with Crippen LogP contribution < -0.4 is 5.32 Å². The van der Waals surface area contributed by atoms with E-state index in [2.05, 4.69) is 44.7 Å².